The molecule has 0 aliphatic heterocycles. The number of aromatic nitrogens is 1. The second-order valence-electron chi connectivity index (χ2n) is 6.28. The molecule has 108 valence electrons. The standard InChI is InChI=1S/C18H26N2/c1-2-14-6-8-15(9-7-14)12-19-13-16-4-3-5-18-17(16)10-11-20-18/h3-5,10-11,14-15,19-20H,2,6-9,12-13H2,1H3. The van der Waals surface area contributed by atoms with Gasteiger partial charge in [0, 0.05) is 23.6 Å². The largest absolute Gasteiger partial charge is 0.361 e. The van der Waals surface area contributed by atoms with Gasteiger partial charge in [0.15, 0.2) is 0 Å². The van der Waals surface area contributed by atoms with Crippen molar-refractivity contribution in [2.75, 3.05) is 6.54 Å². The minimum absolute atomic E-state index is 0.892. The zero-order chi connectivity index (χ0) is 13.8. The van der Waals surface area contributed by atoms with Crippen LogP contribution >= 0.6 is 0 Å². The molecule has 0 bridgehead atoms. The summed E-state index contributed by atoms with van der Waals surface area (Å²) in [6.45, 7) is 4.50. The first kappa shape index (κ1) is 13.7. The number of hydrogen-bond acceptors (Lipinski definition) is 1. The van der Waals surface area contributed by atoms with Gasteiger partial charge in [-0.15, -0.1) is 0 Å². The van der Waals surface area contributed by atoms with E-state index in [2.05, 4.69) is 41.5 Å². The van der Waals surface area contributed by atoms with Gasteiger partial charge in [-0.25, -0.2) is 0 Å². The molecule has 1 aromatic heterocycles. The topological polar surface area (TPSA) is 27.8 Å². The third-order valence-corrected chi connectivity index (χ3v) is 4.98. The highest BCUT2D eigenvalue weighted by atomic mass is 14.9. The van der Waals surface area contributed by atoms with Crippen LogP contribution in [-0.2, 0) is 6.54 Å². The minimum Gasteiger partial charge on any atom is -0.361 e. The van der Waals surface area contributed by atoms with E-state index in [1.165, 1.54) is 55.1 Å². The summed E-state index contributed by atoms with van der Waals surface area (Å²) in [6, 6.07) is 8.70. The van der Waals surface area contributed by atoms with Crippen molar-refractivity contribution in [2.45, 2.75) is 45.6 Å². The van der Waals surface area contributed by atoms with E-state index in [0.29, 0.717) is 0 Å². The fourth-order valence-electron chi connectivity index (χ4n) is 3.56. The summed E-state index contributed by atoms with van der Waals surface area (Å²) in [5.41, 5.74) is 2.65. The van der Waals surface area contributed by atoms with Crippen molar-refractivity contribution in [3.8, 4) is 0 Å². The molecule has 3 rings (SSSR count). The molecule has 0 unspecified atom stereocenters. The molecule has 2 heteroatoms. The number of aromatic amines is 1. The van der Waals surface area contributed by atoms with Crippen LogP contribution in [0.2, 0.25) is 0 Å². The SMILES string of the molecule is CCC1CCC(CNCc2cccc3[nH]ccc23)CC1. The van der Waals surface area contributed by atoms with Crippen molar-refractivity contribution >= 4 is 10.9 Å². The summed E-state index contributed by atoms with van der Waals surface area (Å²) in [5, 5.41) is 5.03. The molecule has 2 N–H and O–H groups in total. The number of fused-ring (bicyclic) bond motifs is 1. The molecular formula is C18H26N2. The van der Waals surface area contributed by atoms with E-state index in [1.54, 1.807) is 0 Å². The van der Waals surface area contributed by atoms with Gasteiger partial charge in [-0.05, 0) is 48.9 Å². The van der Waals surface area contributed by atoms with Gasteiger partial charge in [-0.1, -0.05) is 38.3 Å². The maximum Gasteiger partial charge on any atom is 0.0457 e. The molecule has 1 aromatic carbocycles. The molecule has 0 radical (unpaired) electrons. The Morgan fingerprint density at radius 2 is 1.90 bits per heavy atom. The summed E-state index contributed by atoms with van der Waals surface area (Å²) in [6.07, 6.45) is 9.11. The van der Waals surface area contributed by atoms with Crippen molar-refractivity contribution in [2.24, 2.45) is 11.8 Å². The lowest BCUT2D eigenvalue weighted by Crippen LogP contribution is -2.26. The van der Waals surface area contributed by atoms with Crippen molar-refractivity contribution in [3.63, 3.8) is 0 Å². The Labute approximate surface area is 122 Å². The third kappa shape index (κ3) is 3.06. The van der Waals surface area contributed by atoms with Crippen molar-refractivity contribution in [3.05, 3.63) is 36.0 Å². The second kappa shape index (κ2) is 6.45. The fourth-order valence-corrected chi connectivity index (χ4v) is 3.56. The fraction of sp³-hybridized carbons (Fsp3) is 0.556. The molecule has 2 nitrogen and oxygen atoms in total. The molecule has 0 amide bonds. The molecule has 0 saturated heterocycles. The zero-order valence-electron chi connectivity index (χ0n) is 12.5. The molecule has 1 heterocycles. The Bertz CT molecular complexity index is 535. The average Bonchev–Trinajstić information content (AvgIpc) is 2.97. The summed E-state index contributed by atoms with van der Waals surface area (Å²) in [4.78, 5) is 3.28. The lowest BCUT2D eigenvalue weighted by molar-refractivity contribution is 0.262. The maximum atomic E-state index is 3.67. The quantitative estimate of drug-likeness (QED) is 0.824. The Morgan fingerprint density at radius 3 is 2.70 bits per heavy atom. The van der Waals surface area contributed by atoms with E-state index in [4.69, 9.17) is 0 Å². The first-order valence-corrected chi connectivity index (χ1v) is 8.12. The molecular weight excluding hydrogens is 244 g/mol. The highest BCUT2D eigenvalue weighted by Crippen LogP contribution is 2.30. The van der Waals surface area contributed by atoms with Crippen molar-refractivity contribution < 1.29 is 0 Å². The Balaban J connectivity index is 1.49. The van der Waals surface area contributed by atoms with Crippen molar-refractivity contribution in [1.29, 1.82) is 0 Å². The molecule has 1 saturated carbocycles. The maximum absolute atomic E-state index is 3.67. The average molecular weight is 270 g/mol. The van der Waals surface area contributed by atoms with Gasteiger partial charge < -0.3 is 10.3 Å². The van der Waals surface area contributed by atoms with Crippen LogP contribution in [-0.4, -0.2) is 11.5 Å². The van der Waals surface area contributed by atoms with Gasteiger partial charge in [-0.3, -0.25) is 0 Å². The van der Waals surface area contributed by atoms with Crippen LogP contribution in [0.1, 0.15) is 44.6 Å². The van der Waals surface area contributed by atoms with Gasteiger partial charge in [-0.2, -0.15) is 0 Å². The molecule has 0 atom stereocenters. The molecule has 1 aliphatic rings. The highest BCUT2D eigenvalue weighted by molar-refractivity contribution is 5.82. The van der Waals surface area contributed by atoms with Gasteiger partial charge in [0.25, 0.3) is 0 Å². The van der Waals surface area contributed by atoms with E-state index >= 15 is 0 Å². The number of rotatable bonds is 5. The lowest BCUT2D eigenvalue weighted by atomic mass is 9.81. The summed E-state index contributed by atoms with van der Waals surface area (Å²) < 4.78 is 0. The summed E-state index contributed by atoms with van der Waals surface area (Å²) in [5.74, 6) is 1.89. The van der Waals surface area contributed by atoms with Crippen LogP contribution < -0.4 is 5.32 Å². The first-order valence-electron chi connectivity index (χ1n) is 8.12. The summed E-state index contributed by atoms with van der Waals surface area (Å²) in [7, 11) is 0. The Kier molecular flexibility index (Phi) is 4.41. The lowest BCUT2D eigenvalue weighted by Gasteiger charge is -2.28. The van der Waals surface area contributed by atoms with Crippen LogP contribution in [0.25, 0.3) is 10.9 Å². The van der Waals surface area contributed by atoms with Crippen molar-refractivity contribution in [1.82, 2.24) is 10.3 Å². The van der Waals surface area contributed by atoms with Gasteiger partial charge in [0.1, 0.15) is 0 Å². The highest BCUT2D eigenvalue weighted by Gasteiger charge is 2.19. The normalized spacial score (nSPS) is 23.2. The number of H-pyrrole nitrogens is 1. The monoisotopic (exact) mass is 270 g/mol. The molecule has 2 aromatic rings. The van der Waals surface area contributed by atoms with Crippen LogP contribution in [0.4, 0.5) is 0 Å². The van der Waals surface area contributed by atoms with Gasteiger partial charge in [0.2, 0.25) is 0 Å². The Hall–Kier alpha value is -1.28. The van der Waals surface area contributed by atoms with E-state index in [0.717, 1.165) is 18.4 Å². The molecule has 20 heavy (non-hydrogen) atoms. The van der Waals surface area contributed by atoms with Crippen LogP contribution in [0.3, 0.4) is 0 Å². The smallest absolute Gasteiger partial charge is 0.0457 e. The molecule has 0 spiro atoms. The number of hydrogen-bond donors (Lipinski definition) is 2. The third-order valence-electron chi connectivity index (χ3n) is 4.98. The van der Waals surface area contributed by atoms with E-state index < -0.39 is 0 Å². The van der Waals surface area contributed by atoms with Gasteiger partial charge >= 0.3 is 0 Å². The van der Waals surface area contributed by atoms with Crippen LogP contribution in [0.15, 0.2) is 30.5 Å². The molecule has 1 aliphatic carbocycles. The second-order valence-corrected chi connectivity index (χ2v) is 6.28. The molecule has 1 fully saturated rings. The first-order chi connectivity index (χ1) is 9.86. The van der Waals surface area contributed by atoms with Crippen LogP contribution in [0, 0.1) is 11.8 Å². The summed E-state index contributed by atoms with van der Waals surface area (Å²) >= 11 is 0. The number of nitrogens with one attached hydrogen (secondary N) is 2. The van der Waals surface area contributed by atoms with Crippen LogP contribution in [0.5, 0.6) is 0 Å². The zero-order valence-corrected chi connectivity index (χ0v) is 12.5. The predicted molar refractivity (Wildman–Crippen MR) is 85.7 cm³/mol. The minimum atomic E-state index is 0.892. The van der Waals surface area contributed by atoms with Gasteiger partial charge in [0.05, 0.1) is 0 Å². The Morgan fingerprint density at radius 1 is 1.10 bits per heavy atom. The van der Waals surface area contributed by atoms with E-state index in [1.807, 2.05) is 6.20 Å². The van der Waals surface area contributed by atoms with E-state index in [9.17, 15) is 0 Å². The number of benzene rings is 1. The van der Waals surface area contributed by atoms with E-state index in [-0.39, 0.29) is 0 Å². The predicted octanol–water partition coefficient (Wildman–Crippen LogP) is 4.47.